The third-order valence-electron chi connectivity index (χ3n) is 4.93. The monoisotopic (exact) mass is 410 g/mol. The molecule has 2 aromatic rings. The molecule has 0 unspecified atom stereocenters. The molecule has 26 heavy (non-hydrogen) atoms. The van der Waals surface area contributed by atoms with Crippen LogP contribution in [-0.4, -0.2) is 59.3 Å². The van der Waals surface area contributed by atoms with Crippen molar-refractivity contribution in [1.29, 1.82) is 0 Å². The summed E-state index contributed by atoms with van der Waals surface area (Å²) in [4.78, 5) is 6.09. The van der Waals surface area contributed by atoms with Gasteiger partial charge in [-0.25, -0.2) is 0 Å². The Bertz CT molecular complexity index is 779. The van der Waals surface area contributed by atoms with Crippen LogP contribution in [0.15, 0.2) is 18.2 Å². The van der Waals surface area contributed by atoms with Crippen molar-refractivity contribution >= 4 is 32.9 Å². The highest BCUT2D eigenvalue weighted by molar-refractivity contribution is 7.79. The van der Waals surface area contributed by atoms with Crippen LogP contribution in [0.25, 0.3) is 0 Å². The smallest absolute Gasteiger partial charge is 0.120 e. The van der Waals surface area contributed by atoms with Crippen molar-refractivity contribution in [3.8, 4) is 5.75 Å². The summed E-state index contributed by atoms with van der Waals surface area (Å²) in [6, 6.07) is 5.95. The normalized spacial score (nSPS) is 16.2. The molecular formula is C19H26N2O2S3. The molecule has 2 heterocycles. The van der Waals surface area contributed by atoms with Crippen LogP contribution in [0, 0.1) is 10.7 Å². The number of benzene rings is 1. The summed E-state index contributed by atoms with van der Waals surface area (Å²) in [6.45, 7) is 8.17. The van der Waals surface area contributed by atoms with Gasteiger partial charge in [-0.3, -0.25) is 4.90 Å². The molecule has 0 atom stereocenters. The third-order valence-corrected chi connectivity index (χ3v) is 8.22. The molecule has 1 aliphatic heterocycles. The van der Waals surface area contributed by atoms with Crippen molar-refractivity contribution in [3.63, 3.8) is 0 Å². The van der Waals surface area contributed by atoms with Gasteiger partial charge in [-0.05, 0) is 30.5 Å². The minimum atomic E-state index is 0.261. The van der Waals surface area contributed by atoms with Crippen LogP contribution in [0.2, 0.25) is 0 Å². The van der Waals surface area contributed by atoms with E-state index in [2.05, 4.69) is 22.8 Å². The number of aliphatic hydroxyl groups excluding tert-OH is 1. The number of nitrogens with zero attached hydrogens (tertiary/aromatic N) is 2. The maximum atomic E-state index is 10.3. The summed E-state index contributed by atoms with van der Waals surface area (Å²) in [5, 5.41) is 19.2. The zero-order valence-electron chi connectivity index (χ0n) is 15.1. The fourth-order valence-corrected chi connectivity index (χ4v) is 5.99. The van der Waals surface area contributed by atoms with Crippen molar-refractivity contribution in [2.24, 2.45) is 0 Å². The molecular weight excluding hydrogens is 384 g/mol. The molecule has 4 nitrogen and oxygen atoms in total. The molecule has 0 radical (unpaired) electrons. The Morgan fingerprint density at radius 2 is 1.85 bits per heavy atom. The van der Waals surface area contributed by atoms with E-state index < -0.39 is 0 Å². The van der Waals surface area contributed by atoms with Crippen molar-refractivity contribution in [1.82, 2.24) is 9.80 Å². The molecule has 0 bridgehead atoms. The van der Waals surface area contributed by atoms with Crippen LogP contribution < -0.4 is 0 Å². The molecule has 1 aromatic heterocycles. The summed E-state index contributed by atoms with van der Waals surface area (Å²) in [7, 11) is 3.42. The predicted molar refractivity (Wildman–Crippen MR) is 112 cm³/mol. The number of aliphatic hydroxyl groups is 1. The Kier molecular flexibility index (Phi) is 7.19. The molecule has 142 valence electrons. The minimum absolute atomic E-state index is 0.261. The molecule has 1 saturated heterocycles. The van der Waals surface area contributed by atoms with Gasteiger partial charge in [-0.2, -0.15) is 0 Å². The maximum absolute atomic E-state index is 10.3. The van der Waals surface area contributed by atoms with Crippen LogP contribution in [-0.2, 0) is 13.0 Å². The number of aromatic hydroxyl groups is 1. The largest absolute Gasteiger partial charge is 0.508 e. The van der Waals surface area contributed by atoms with E-state index in [1.165, 1.54) is 16.0 Å². The van der Waals surface area contributed by atoms with Gasteiger partial charge >= 0.3 is 0 Å². The Hall–Kier alpha value is -0.830. The lowest BCUT2D eigenvalue weighted by Gasteiger charge is -2.34. The van der Waals surface area contributed by atoms with Crippen LogP contribution >= 0.6 is 32.9 Å². The Labute approximate surface area is 167 Å². The number of phenolic OH excluding ortho intramolecular Hbond substituents is 1. The average Bonchev–Trinajstić information content (AvgIpc) is 2.96. The van der Waals surface area contributed by atoms with E-state index in [-0.39, 0.29) is 6.61 Å². The Morgan fingerprint density at radius 3 is 2.50 bits per heavy atom. The van der Waals surface area contributed by atoms with Gasteiger partial charge in [0.25, 0.3) is 0 Å². The van der Waals surface area contributed by atoms with Crippen molar-refractivity contribution < 1.29 is 10.2 Å². The van der Waals surface area contributed by atoms with E-state index in [0.717, 1.165) is 61.5 Å². The van der Waals surface area contributed by atoms with Gasteiger partial charge in [-0.15, -0.1) is 0 Å². The molecule has 0 saturated carbocycles. The van der Waals surface area contributed by atoms with Gasteiger partial charge in [0.05, 0.1) is 0 Å². The summed E-state index contributed by atoms with van der Waals surface area (Å²) in [6.07, 6.45) is 1.68. The second kappa shape index (κ2) is 9.39. The zero-order chi connectivity index (χ0) is 18.5. The van der Waals surface area contributed by atoms with Crippen molar-refractivity contribution in [3.05, 3.63) is 43.6 Å². The second-order valence-corrected chi connectivity index (χ2v) is 9.84. The van der Waals surface area contributed by atoms with E-state index in [0.29, 0.717) is 5.75 Å². The van der Waals surface area contributed by atoms with Gasteiger partial charge in [0, 0.05) is 62.7 Å². The lowest BCUT2D eigenvalue weighted by atomic mass is 10.0. The number of aryl methyl sites for hydroxylation is 1. The molecule has 1 aromatic carbocycles. The first-order chi connectivity index (χ1) is 12.6. The summed E-state index contributed by atoms with van der Waals surface area (Å²) >= 11 is 5.45. The number of phenols is 1. The zero-order valence-corrected chi connectivity index (χ0v) is 17.6. The van der Waals surface area contributed by atoms with Crippen molar-refractivity contribution in [2.45, 2.75) is 26.3 Å². The van der Waals surface area contributed by atoms with Crippen LogP contribution in [0.4, 0.5) is 0 Å². The first-order valence-electron chi connectivity index (χ1n) is 9.01. The average molecular weight is 411 g/mol. The highest BCUT2D eigenvalue weighted by atomic mass is 32.9. The fourth-order valence-electron chi connectivity index (χ4n) is 3.33. The first kappa shape index (κ1) is 19.9. The van der Waals surface area contributed by atoms with Crippen molar-refractivity contribution in [2.75, 3.05) is 39.3 Å². The Morgan fingerprint density at radius 1 is 1.12 bits per heavy atom. The topological polar surface area (TPSA) is 46.9 Å². The maximum Gasteiger partial charge on any atom is 0.120 e. The fraction of sp³-hybridized carbons (Fsp3) is 0.526. The SMILES string of the molecule is Cc1ssc(=S)c1Cc1ccc(O)c(CN2CCN(CCCO)CC2)c1. The second-order valence-electron chi connectivity index (χ2n) is 6.82. The minimum Gasteiger partial charge on any atom is -0.508 e. The van der Waals surface area contributed by atoms with Gasteiger partial charge in [-0.1, -0.05) is 45.0 Å². The molecule has 0 spiro atoms. The first-order valence-corrected chi connectivity index (χ1v) is 11.6. The number of hydrogen-bond donors (Lipinski definition) is 2. The van der Waals surface area contributed by atoms with Crippen LogP contribution in [0.5, 0.6) is 5.75 Å². The van der Waals surface area contributed by atoms with E-state index in [9.17, 15) is 5.11 Å². The molecule has 2 N–H and O–H groups in total. The van der Waals surface area contributed by atoms with E-state index >= 15 is 0 Å². The van der Waals surface area contributed by atoms with E-state index in [1.54, 1.807) is 20.7 Å². The Balaban J connectivity index is 1.63. The number of rotatable bonds is 7. The molecule has 3 rings (SSSR count). The van der Waals surface area contributed by atoms with Gasteiger partial charge in [0.1, 0.15) is 9.57 Å². The third kappa shape index (κ3) is 5.12. The molecule has 1 aliphatic rings. The highest BCUT2D eigenvalue weighted by Crippen LogP contribution is 2.28. The van der Waals surface area contributed by atoms with Gasteiger partial charge in [0.2, 0.25) is 0 Å². The van der Waals surface area contributed by atoms with Gasteiger partial charge in [0.15, 0.2) is 0 Å². The summed E-state index contributed by atoms with van der Waals surface area (Å²) in [5.74, 6) is 0.375. The number of hydrogen-bond acceptors (Lipinski definition) is 7. The van der Waals surface area contributed by atoms with Crippen LogP contribution in [0.1, 0.15) is 28.0 Å². The lowest BCUT2D eigenvalue weighted by Crippen LogP contribution is -2.46. The lowest BCUT2D eigenvalue weighted by molar-refractivity contribution is 0.119. The molecule has 7 heteroatoms. The molecule has 0 amide bonds. The molecule has 0 aliphatic carbocycles. The van der Waals surface area contributed by atoms with E-state index in [1.807, 2.05) is 12.1 Å². The van der Waals surface area contributed by atoms with Crippen LogP contribution in [0.3, 0.4) is 0 Å². The standard InChI is InChI=1S/C19H26N2O2S3/c1-14-17(19(24)26-25-14)12-15-3-4-18(23)16(11-15)13-21-8-6-20(7-9-21)5-2-10-22/h3-4,11,22-23H,2,5-10,12-13H2,1H3. The van der Waals surface area contributed by atoms with E-state index in [4.69, 9.17) is 17.3 Å². The predicted octanol–water partition coefficient (Wildman–Crippen LogP) is 3.64. The number of piperazine rings is 1. The summed E-state index contributed by atoms with van der Waals surface area (Å²) < 4.78 is 0.987. The highest BCUT2D eigenvalue weighted by Gasteiger charge is 2.18. The van der Waals surface area contributed by atoms with Gasteiger partial charge < -0.3 is 15.1 Å². The molecule has 1 fully saturated rings. The summed E-state index contributed by atoms with van der Waals surface area (Å²) in [5.41, 5.74) is 3.46. The quantitative estimate of drug-likeness (QED) is 0.539.